The van der Waals surface area contributed by atoms with E-state index in [4.69, 9.17) is 10.5 Å². The number of halogens is 3. The van der Waals surface area contributed by atoms with E-state index in [1.165, 1.54) is 0 Å². The van der Waals surface area contributed by atoms with Crippen molar-refractivity contribution in [2.45, 2.75) is 12.5 Å². The summed E-state index contributed by atoms with van der Waals surface area (Å²) in [5.74, 6) is 1.12. The highest BCUT2D eigenvalue weighted by molar-refractivity contribution is 9.10. The SMILES string of the molecule is Cl.Cl.N[C@@H]1CCN(C(=O)c2ccc(Oc3ccc(Br)cc3)nc2)C1. The molecule has 1 aliphatic heterocycles. The molecule has 1 aromatic heterocycles. The fourth-order valence-corrected chi connectivity index (χ4v) is 2.61. The maximum Gasteiger partial charge on any atom is 0.255 e. The van der Waals surface area contributed by atoms with Crippen LogP contribution in [-0.2, 0) is 0 Å². The summed E-state index contributed by atoms with van der Waals surface area (Å²) in [5.41, 5.74) is 6.38. The molecule has 2 aromatic rings. The lowest BCUT2D eigenvalue weighted by atomic mass is 10.2. The number of hydrogen-bond donors (Lipinski definition) is 1. The molecule has 130 valence electrons. The third kappa shape index (κ3) is 5.08. The van der Waals surface area contributed by atoms with Gasteiger partial charge in [-0.25, -0.2) is 4.98 Å². The molecule has 0 saturated carbocycles. The van der Waals surface area contributed by atoms with E-state index in [1.54, 1.807) is 23.2 Å². The van der Waals surface area contributed by atoms with Gasteiger partial charge < -0.3 is 15.4 Å². The van der Waals surface area contributed by atoms with Crippen LogP contribution >= 0.6 is 40.7 Å². The van der Waals surface area contributed by atoms with E-state index in [0.717, 1.165) is 10.9 Å². The molecular formula is C16H18BrCl2N3O2. The summed E-state index contributed by atoms with van der Waals surface area (Å²) in [6, 6.07) is 11.0. The van der Waals surface area contributed by atoms with E-state index in [9.17, 15) is 4.79 Å². The number of nitrogens with two attached hydrogens (primary N) is 1. The molecule has 8 heteroatoms. The highest BCUT2D eigenvalue weighted by Gasteiger charge is 2.24. The smallest absolute Gasteiger partial charge is 0.255 e. The van der Waals surface area contributed by atoms with Crippen LogP contribution < -0.4 is 10.5 Å². The topological polar surface area (TPSA) is 68.5 Å². The zero-order valence-corrected chi connectivity index (χ0v) is 15.9. The monoisotopic (exact) mass is 433 g/mol. The standard InChI is InChI=1S/C16H16BrN3O2.2ClH/c17-12-2-4-14(5-3-12)22-15-6-1-11(9-19-15)16(21)20-8-7-13(18)10-20;;/h1-6,9,13H,7-8,10,18H2;2*1H/t13-;;/m1../s1. The molecular weight excluding hydrogens is 417 g/mol. The van der Waals surface area contributed by atoms with Crippen LogP contribution in [0.3, 0.4) is 0 Å². The first-order valence-electron chi connectivity index (χ1n) is 7.06. The number of likely N-dealkylation sites (tertiary alicyclic amines) is 1. The largest absolute Gasteiger partial charge is 0.439 e. The van der Waals surface area contributed by atoms with Crippen molar-refractivity contribution in [2.75, 3.05) is 13.1 Å². The molecule has 5 nitrogen and oxygen atoms in total. The first-order valence-corrected chi connectivity index (χ1v) is 7.85. The molecule has 0 spiro atoms. The second kappa shape index (κ2) is 9.22. The second-order valence-electron chi connectivity index (χ2n) is 5.24. The fraction of sp³-hybridized carbons (Fsp3) is 0.250. The molecule has 1 fully saturated rings. The van der Waals surface area contributed by atoms with Crippen molar-refractivity contribution < 1.29 is 9.53 Å². The van der Waals surface area contributed by atoms with Crippen molar-refractivity contribution in [1.29, 1.82) is 0 Å². The molecule has 1 aliphatic rings. The van der Waals surface area contributed by atoms with E-state index >= 15 is 0 Å². The van der Waals surface area contributed by atoms with E-state index in [-0.39, 0.29) is 36.8 Å². The van der Waals surface area contributed by atoms with Gasteiger partial charge in [0.15, 0.2) is 0 Å². The molecule has 1 amide bonds. The van der Waals surface area contributed by atoms with Gasteiger partial charge >= 0.3 is 0 Å². The number of nitrogens with zero attached hydrogens (tertiary/aromatic N) is 2. The van der Waals surface area contributed by atoms with Gasteiger partial charge in [0, 0.05) is 35.9 Å². The lowest BCUT2D eigenvalue weighted by Crippen LogP contribution is -2.31. The van der Waals surface area contributed by atoms with E-state index < -0.39 is 0 Å². The first kappa shape index (κ1) is 20.7. The Bertz CT molecular complexity index is 668. The summed E-state index contributed by atoms with van der Waals surface area (Å²) >= 11 is 3.37. The zero-order chi connectivity index (χ0) is 15.5. The van der Waals surface area contributed by atoms with Crippen LogP contribution in [0.5, 0.6) is 11.6 Å². The first-order chi connectivity index (χ1) is 10.6. The molecule has 1 saturated heterocycles. The van der Waals surface area contributed by atoms with Crippen molar-refractivity contribution in [3.05, 3.63) is 52.6 Å². The Morgan fingerprint density at radius 2 is 1.92 bits per heavy atom. The van der Waals surface area contributed by atoms with E-state index in [0.29, 0.717) is 30.3 Å². The predicted octanol–water partition coefficient (Wildman–Crippen LogP) is 3.65. The number of pyridine rings is 1. The van der Waals surface area contributed by atoms with Crippen molar-refractivity contribution in [3.63, 3.8) is 0 Å². The Morgan fingerprint density at radius 3 is 2.46 bits per heavy atom. The maximum atomic E-state index is 12.3. The normalized spacial score (nSPS) is 16.1. The van der Waals surface area contributed by atoms with Gasteiger partial charge in [-0.2, -0.15) is 0 Å². The minimum Gasteiger partial charge on any atom is -0.439 e. The summed E-state index contributed by atoms with van der Waals surface area (Å²) in [7, 11) is 0. The quantitative estimate of drug-likeness (QED) is 0.800. The maximum absolute atomic E-state index is 12.3. The Hall–Kier alpha value is -1.34. The van der Waals surface area contributed by atoms with Crippen LogP contribution in [-0.4, -0.2) is 34.9 Å². The molecule has 2 heterocycles. The van der Waals surface area contributed by atoms with Crippen molar-refractivity contribution >= 4 is 46.7 Å². The summed E-state index contributed by atoms with van der Waals surface area (Å²) in [5, 5.41) is 0. The molecule has 0 unspecified atom stereocenters. The van der Waals surface area contributed by atoms with E-state index in [2.05, 4.69) is 20.9 Å². The number of carbonyl (C=O) groups excluding carboxylic acids is 1. The molecule has 0 bridgehead atoms. The number of benzene rings is 1. The molecule has 2 N–H and O–H groups in total. The van der Waals surface area contributed by atoms with Crippen LogP contribution in [0, 0.1) is 0 Å². The summed E-state index contributed by atoms with van der Waals surface area (Å²) in [4.78, 5) is 18.2. The number of aromatic nitrogens is 1. The van der Waals surface area contributed by atoms with E-state index in [1.807, 2.05) is 24.3 Å². The van der Waals surface area contributed by atoms with Crippen LogP contribution in [0.25, 0.3) is 0 Å². The van der Waals surface area contributed by atoms with Gasteiger partial charge in [0.2, 0.25) is 5.88 Å². The Balaban J connectivity index is 0.00000144. The Morgan fingerprint density at radius 1 is 1.21 bits per heavy atom. The number of carbonyl (C=O) groups is 1. The molecule has 3 rings (SSSR count). The lowest BCUT2D eigenvalue weighted by molar-refractivity contribution is 0.0790. The highest BCUT2D eigenvalue weighted by atomic mass is 79.9. The van der Waals surface area contributed by atoms with Gasteiger partial charge in [-0.3, -0.25) is 4.79 Å². The predicted molar refractivity (Wildman–Crippen MR) is 101 cm³/mol. The third-order valence-corrected chi connectivity index (χ3v) is 4.06. The number of rotatable bonds is 3. The Kier molecular flexibility index (Phi) is 7.96. The molecule has 1 atom stereocenters. The molecule has 0 aliphatic carbocycles. The van der Waals surface area contributed by atoms with Crippen LogP contribution in [0.15, 0.2) is 47.1 Å². The van der Waals surface area contributed by atoms with Crippen LogP contribution in [0.2, 0.25) is 0 Å². The highest BCUT2D eigenvalue weighted by Crippen LogP contribution is 2.22. The van der Waals surface area contributed by atoms with Gasteiger partial charge in [0.1, 0.15) is 5.75 Å². The molecule has 0 radical (unpaired) electrons. The Labute approximate surface area is 161 Å². The van der Waals surface area contributed by atoms with Gasteiger partial charge in [-0.15, -0.1) is 24.8 Å². The van der Waals surface area contributed by atoms with Gasteiger partial charge in [0.05, 0.1) is 5.56 Å². The fourth-order valence-electron chi connectivity index (χ4n) is 2.34. The van der Waals surface area contributed by atoms with Crippen LogP contribution in [0.4, 0.5) is 0 Å². The molecule has 1 aromatic carbocycles. The lowest BCUT2D eigenvalue weighted by Gasteiger charge is -2.15. The van der Waals surface area contributed by atoms with Crippen molar-refractivity contribution in [3.8, 4) is 11.6 Å². The molecule has 24 heavy (non-hydrogen) atoms. The van der Waals surface area contributed by atoms with Gasteiger partial charge in [0.25, 0.3) is 5.91 Å². The van der Waals surface area contributed by atoms with Crippen LogP contribution in [0.1, 0.15) is 16.8 Å². The van der Waals surface area contributed by atoms with Crippen molar-refractivity contribution in [2.24, 2.45) is 5.73 Å². The average Bonchev–Trinajstić information content (AvgIpc) is 2.96. The minimum absolute atomic E-state index is 0. The average molecular weight is 435 g/mol. The summed E-state index contributed by atoms with van der Waals surface area (Å²) in [6.45, 7) is 1.31. The van der Waals surface area contributed by atoms with Gasteiger partial charge in [-0.1, -0.05) is 15.9 Å². The number of hydrogen-bond acceptors (Lipinski definition) is 4. The summed E-state index contributed by atoms with van der Waals surface area (Å²) in [6.07, 6.45) is 2.39. The third-order valence-electron chi connectivity index (χ3n) is 3.53. The summed E-state index contributed by atoms with van der Waals surface area (Å²) < 4.78 is 6.62. The minimum atomic E-state index is -0.0318. The second-order valence-corrected chi connectivity index (χ2v) is 6.16. The zero-order valence-electron chi connectivity index (χ0n) is 12.7. The van der Waals surface area contributed by atoms with Gasteiger partial charge in [-0.05, 0) is 36.8 Å². The number of ether oxygens (including phenoxy) is 1. The van der Waals surface area contributed by atoms with Crippen molar-refractivity contribution in [1.82, 2.24) is 9.88 Å². The number of amides is 1.